The van der Waals surface area contributed by atoms with E-state index < -0.39 is 11.7 Å². The van der Waals surface area contributed by atoms with Crippen LogP contribution in [0, 0.1) is 25.2 Å². The summed E-state index contributed by atoms with van der Waals surface area (Å²) in [5, 5.41) is 13.6. The number of aromatic nitrogens is 2. The second-order valence-corrected chi connectivity index (χ2v) is 14.9. The molecule has 58 heavy (non-hydrogen) atoms. The van der Waals surface area contributed by atoms with Crippen LogP contribution in [0.4, 0.5) is 13.2 Å². The molecule has 0 amide bonds. The van der Waals surface area contributed by atoms with E-state index in [1.807, 2.05) is 108 Å². The Hall–Kier alpha value is -7.36. The fourth-order valence-electron chi connectivity index (χ4n) is 8.75. The van der Waals surface area contributed by atoms with E-state index in [1.54, 1.807) is 28.8 Å². The van der Waals surface area contributed by atoms with Gasteiger partial charge in [0.15, 0.2) is 0 Å². The Balaban J connectivity index is 1.31. The molecule has 0 spiro atoms. The van der Waals surface area contributed by atoms with Crippen LogP contribution in [0.1, 0.15) is 22.3 Å². The molecular weight excluding hydrogens is 724 g/mol. The number of nitriles is 1. The molecule has 6 heteroatoms. The molecule has 0 aliphatic carbocycles. The highest BCUT2D eigenvalue weighted by Crippen LogP contribution is 2.46. The van der Waals surface area contributed by atoms with Crippen LogP contribution in [0.25, 0.3) is 88.4 Å². The van der Waals surface area contributed by atoms with Gasteiger partial charge in [0.25, 0.3) is 0 Å². The van der Waals surface area contributed by atoms with Crippen LogP contribution in [-0.4, -0.2) is 9.13 Å². The molecule has 0 N–H and O–H groups in total. The second kappa shape index (κ2) is 13.4. The van der Waals surface area contributed by atoms with Crippen molar-refractivity contribution in [2.75, 3.05) is 0 Å². The van der Waals surface area contributed by atoms with Gasteiger partial charge in [-0.3, -0.25) is 0 Å². The molecule has 0 saturated heterocycles. The lowest BCUT2D eigenvalue weighted by Crippen LogP contribution is -2.13. The number of nitrogens with zero attached hydrogens (tertiary/aromatic N) is 3. The van der Waals surface area contributed by atoms with Gasteiger partial charge in [-0.1, -0.05) is 109 Å². The number of halogens is 3. The van der Waals surface area contributed by atoms with Crippen LogP contribution in [0.15, 0.2) is 170 Å². The average Bonchev–Trinajstić information content (AvgIpc) is 3.75. The van der Waals surface area contributed by atoms with Gasteiger partial charge in [-0.25, -0.2) is 0 Å². The predicted octanol–water partition coefficient (Wildman–Crippen LogP) is 14.4. The normalized spacial score (nSPS) is 11.9. The van der Waals surface area contributed by atoms with Crippen molar-refractivity contribution in [3.63, 3.8) is 0 Å². The van der Waals surface area contributed by atoms with Gasteiger partial charge in [-0.15, -0.1) is 0 Å². The van der Waals surface area contributed by atoms with E-state index in [9.17, 15) is 5.26 Å². The summed E-state index contributed by atoms with van der Waals surface area (Å²) >= 11 is 0. The first-order valence-electron chi connectivity index (χ1n) is 19.1. The summed E-state index contributed by atoms with van der Waals surface area (Å²) in [6.07, 6.45) is -4.73. The molecule has 278 valence electrons. The third-order valence-electron chi connectivity index (χ3n) is 11.5. The van der Waals surface area contributed by atoms with Crippen LogP contribution in [0.2, 0.25) is 0 Å². The smallest absolute Gasteiger partial charge is 0.309 e. The first-order chi connectivity index (χ1) is 28.2. The Labute approximate surface area is 333 Å². The quantitative estimate of drug-likeness (QED) is 0.172. The Kier molecular flexibility index (Phi) is 8.10. The summed E-state index contributed by atoms with van der Waals surface area (Å²) in [4.78, 5) is 0. The van der Waals surface area contributed by atoms with Gasteiger partial charge in [-0.05, 0) is 113 Å². The Morgan fingerprint density at radius 2 is 0.914 bits per heavy atom. The standard InChI is InChI=1S/C52H34F3N3/c1-32-12-3-5-16-38(32)36-22-24-48-43(27-36)40-18-7-9-20-46(40)57(48)50-30-45(52(53,54)55)51(29-42(50)35-15-11-14-34(26-35)31-56)58-47-21-10-8-19-41(47)44-28-37(23-25-49(44)58)39-17-6-4-13-33(39)2/h3-30H,1-2H3. The summed E-state index contributed by atoms with van der Waals surface area (Å²) in [6, 6.07) is 56.3. The lowest BCUT2D eigenvalue weighted by Gasteiger charge is -2.22. The topological polar surface area (TPSA) is 33.6 Å². The molecule has 0 radical (unpaired) electrons. The highest BCUT2D eigenvalue weighted by molar-refractivity contribution is 6.12. The van der Waals surface area contributed by atoms with E-state index in [0.29, 0.717) is 33.4 Å². The fraction of sp³-hybridized carbons (Fsp3) is 0.0577. The lowest BCUT2D eigenvalue weighted by atomic mass is 9.97. The summed E-state index contributed by atoms with van der Waals surface area (Å²) in [6.45, 7) is 4.13. The van der Waals surface area contributed by atoms with Crippen LogP contribution >= 0.6 is 0 Å². The van der Waals surface area contributed by atoms with E-state index in [2.05, 4.69) is 56.3 Å². The number of hydrogen-bond acceptors (Lipinski definition) is 1. The van der Waals surface area contributed by atoms with E-state index in [4.69, 9.17) is 0 Å². The molecular formula is C52H34F3N3. The minimum absolute atomic E-state index is 0.00561. The van der Waals surface area contributed by atoms with Crippen molar-refractivity contribution in [3.05, 3.63) is 192 Å². The van der Waals surface area contributed by atoms with Crippen molar-refractivity contribution >= 4 is 43.6 Å². The van der Waals surface area contributed by atoms with E-state index in [-0.39, 0.29) is 5.69 Å². The van der Waals surface area contributed by atoms with Gasteiger partial charge in [0.1, 0.15) is 0 Å². The number of para-hydroxylation sites is 2. The zero-order valence-electron chi connectivity index (χ0n) is 31.6. The number of hydrogen-bond donors (Lipinski definition) is 0. The molecule has 0 saturated carbocycles. The maximum atomic E-state index is 15.9. The first kappa shape index (κ1) is 35.1. The number of alkyl halides is 3. The zero-order valence-corrected chi connectivity index (χ0v) is 31.6. The second-order valence-electron chi connectivity index (χ2n) is 14.9. The molecule has 0 unspecified atom stereocenters. The number of fused-ring (bicyclic) bond motifs is 6. The van der Waals surface area contributed by atoms with E-state index in [0.717, 1.165) is 66.0 Å². The summed E-state index contributed by atoms with van der Waals surface area (Å²) in [5.41, 5.74) is 10.5. The van der Waals surface area contributed by atoms with Gasteiger partial charge >= 0.3 is 6.18 Å². The SMILES string of the molecule is Cc1ccccc1-c1ccc2c(c1)c1ccccc1n2-c1cc(C(F)(F)F)c(-n2c3ccccc3c3cc(-c4ccccc4C)ccc32)cc1-c1cccc(C#N)c1. The van der Waals surface area contributed by atoms with E-state index >= 15 is 13.2 Å². The van der Waals surface area contributed by atoms with Crippen molar-refractivity contribution in [1.82, 2.24) is 9.13 Å². The molecule has 0 bridgehead atoms. The van der Waals surface area contributed by atoms with Crippen molar-refractivity contribution in [1.29, 1.82) is 5.26 Å². The molecule has 0 aliphatic rings. The lowest BCUT2D eigenvalue weighted by molar-refractivity contribution is -0.137. The molecule has 8 aromatic carbocycles. The fourth-order valence-corrected chi connectivity index (χ4v) is 8.75. The average molecular weight is 758 g/mol. The molecule has 0 aliphatic heterocycles. The molecule has 10 aromatic rings. The van der Waals surface area contributed by atoms with Crippen molar-refractivity contribution in [2.45, 2.75) is 20.0 Å². The van der Waals surface area contributed by atoms with E-state index in [1.165, 1.54) is 6.07 Å². The molecule has 10 rings (SSSR count). The minimum atomic E-state index is -4.73. The maximum absolute atomic E-state index is 15.9. The zero-order chi connectivity index (χ0) is 39.7. The highest BCUT2D eigenvalue weighted by atomic mass is 19.4. The first-order valence-corrected chi connectivity index (χ1v) is 19.1. The van der Waals surface area contributed by atoms with Crippen molar-refractivity contribution < 1.29 is 13.2 Å². The van der Waals surface area contributed by atoms with Gasteiger partial charge in [0, 0.05) is 27.1 Å². The van der Waals surface area contributed by atoms with Crippen molar-refractivity contribution in [2.24, 2.45) is 0 Å². The summed E-state index contributed by atoms with van der Waals surface area (Å²) < 4.78 is 51.3. The maximum Gasteiger partial charge on any atom is 0.418 e. The van der Waals surface area contributed by atoms with Crippen LogP contribution in [0.5, 0.6) is 0 Å². The Morgan fingerprint density at radius 1 is 0.431 bits per heavy atom. The highest BCUT2D eigenvalue weighted by Gasteiger charge is 2.37. The minimum Gasteiger partial charge on any atom is -0.309 e. The van der Waals surface area contributed by atoms with Crippen LogP contribution in [0.3, 0.4) is 0 Å². The monoisotopic (exact) mass is 757 g/mol. The van der Waals surface area contributed by atoms with Crippen molar-refractivity contribution in [3.8, 4) is 50.8 Å². The van der Waals surface area contributed by atoms with Gasteiger partial charge in [0.05, 0.1) is 50.6 Å². The summed E-state index contributed by atoms with van der Waals surface area (Å²) in [5.74, 6) is 0. The predicted molar refractivity (Wildman–Crippen MR) is 231 cm³/mol. The molecule has 2 heterocycles. The molecule has 3 nitrogen and oxygen atoms in total. The number of rotatable bonds is 5. The molecule has 0 fully saturated rings. The largest absolute Gasteiger partial charge is 0.418 e. The Bertz CT molecular complexity index is 3320. The van der Waals surface area contributed by atoms with Crippen LogP contribution in [-0.2, 0) is 6.18 Å². The molecule has 2 aromatic heterocycles. The molecule has 0 atom stereocenters. The van der Waals surface area contributed by atoms with Gasteiger partial charge < -0.3 is 9.13 Å². The Morgan fingerprint density at radius 3 is 1.45 bits per heavy atom. The third kappa shape index (κ3) is 5.58. The third-order valence-corrected chi connectivity index (χ3v) is 11.5. The van der Waals surface area contributed by atoms with Gasteiger partial charge in [-0.2, -0.15) is 18.4 Å². The van der Waals surface area contributed by atoms with Crippen LogP contribution < -0.4 is 0 Å². The number of benzene rings is 8. The summed E-state index contributed by atoms with van der Waals surface area (Å²) in [7, 11) is 0. The number of aryl methyl sites for hydroxylation is 2. The van der Waals surface area contributed by atoms with Gasteiger partial charge in [0.2, 0.25) is 0 Å².